The van der Waals surface area contributed by atoms with Crippen LogP contribution in [0.5, 0.6) is 0 Å². The molecule has 1 N–H and O–H groups in total. The molecule has 1 aromatic rings. The number of rotatable bonds is 2. The van der Waals surface area contributed by atoms with Crippen LogP contribution in [0, 0.1) is 5.41 Å². The standard InChI is InChI=1S/C21H24N2O2/c1-3-20-9-6-11-23-12-10-21(19(20)23)15-7-4-5-8-16(15)22-17(21)14(13-20)18(24)25-2/h4-9,19,22H,3,10-13H2,1-2H3/t19-,20+,21?/m1/s1. The smallest absolute Gasteiger partial charge is 0.335 e. The first-order valence-electron chi connectivity index (χ1n) is 9.26. The zero-order chi connectivity index (χ0) is 17.2. The molecule has 1 spiro atoms. The molecule has 1 fully saturated rings. The maximum Gasteiger partial charge on any atom is 0.335 e. The van der Waals surface area contributed by atoms with Gasteiger partial charge in [0.1, 0.15) is 0 Å². The molecular weight excluding hydrogens is 312 g/mol. The van der Waals surface area contributed by atoms with E-state index in [2.05, 4.69) is 53.6 Å². The predicted octanol–water partition coefficient (Wildman–Crippen LogP) is 3.22. The van der Waals surface area contributed by atoms with E-state index in [0.717, 1.165) is 49.3 Å². The number of anilines is 1. The Morgan fingerprint density at radius 1 is 1.40 bits per heavy atom. The van der Waals surface area contributed by atoms with Crippen LogP contribution < -0.4 is 5.32 Å². The van der Waals surface area contributed by atoms with Crippen LogP contribution in [0.15, 0.2) is 47.7 Å². The van der Waals surface area contributed by atoms with Gasteiger partial charge in [-0.1, -0.05) is 37.3 Å². The molecule has 1 aliphatic carbocycles. The van der Waals surface area contributed by atoms with Crippen LogP contribution in [0.25, 0.3) is 0 Å². The molecule has 0 aromatic heterocycles. The maximum atomic E-state index is 12.7. The van der Waals surface area contributed by atoms with Crippen molar-refractivity contribution in [3.8, 4) is 0 Å². The molecule has 0 radical (unpaired) electrons. The summed E-state index contributed by atoms with van der Waals surface area (Å²) in [6.07, 6.45) is 7.53. The molecule has 4 nitrogen and oxygen atoms in total. The minimum atomic E-state index is -0.182. The first-order chi connectivity index (χ1) is 12.2. The van der Waals surface area contributed by atoms with Gasteiger partial charge in [0.05, 0.1) is 18.1 Å². The fourth-order valence-corrected chi connectivity index (χ4v) is 6.02. The number of carbonyl (C=O) groups is 1. The van der Waals surface area contributed by atoms with E-state index < -0.39 is 0 Å². The normalized spacial score (nSPS) is 35.0. The molecule has 0 saturated carbocycles. The van der Waals surface area contributed by atoms with E-state index in [1.165, 1.54) is 12.7 Å². The first-order valence-corrected chi connectivity index (χ1v) is 9.26. The molecule has 3 aliphatic heterocycles. The monoisotopic (exact) mass is 336 g/mol. The fourth-order valence-electron chi connectivity index (χ4n) is 6.02. The molecule has 5 rings (SSSR count). The van der Waals surface area contributed by atoms with Crippen LogP contribution in [0.3, 0.4) is 0 Å². The summed E-state index contributed by atoms with van der Waals surface area (Å²) in [4.78, 5) is 15.3. The third kappa shape index (κ3) is 1.68. The number of nitrogens with one attached hydrogen (secondary N) is 1. The van der Waals surface area contributed by atoms with Crippen molar-refractivity contribution in [1.82, 2.24) is 4.90 Å². The number of esters is 1. The van der Waals surface area contributed by atoms with E-state index in [9.17, 15) is 4.79 Å². The Bertz CT molecular complexity index is 827. The molecular formula is C21H24N2O2. The number of methoxy groups -OCH3 is 1. The lowest BCUT2D eigenvalue weighted by Crippen LogP contribution is -2.58. The quantitative estimate of drug-likeness (QED) is 0.665. The second-order valence-electron chi connectivity index (χ2n) is 7.80. The summed E-state index contributed by atoms with van der Waals surface area (Å²) in [7, 11) is 1.49. The number of para-hydroxylation sites is 1. The van der Waals surface area contributed by atoms with Gasteiger partial charge in [-0.2, -0.15) is 0 Å². The highest BCUT2D eigenvalue weighted by atomic mass is 16.5. The number of hydrogen-bond donors (Lipinski definition) is 1. The SMILES string of the molecule is CC[C@]12C=CCN3CCC4(C(=C(C(=O)OC)C1)Nc1ccccc14)[C@H]32. The van der Waals surface area contributed by atoms with E-state index in [1.54, 1.807) is 0 Å². The topological polar surface area (TPSA) is 41.6 Å². The van der Waals surface area contributed by atoms with Crippen LogP contribution in [-0.4, -0.2) is 37.1 Å². The predicted molar refractivity (Wildman–Crippen MR) is 97.2 cm³/mol. The third-order valence-corrected chi connectivity index (χ3v) is 6.97. The van der Waals surface area contributed by atoms with Gasteiger partial charge in [-0.05, 0) is 30.9 Å². The number of fused-ring (bicyclic) bond motifs is 1. The minimum absolute atomic E-state index is 0.000898. The number of ether oxygens (including phenoxy) is 1. The van der Waals surface area contributed by atoms with Crippen LogP contribution in [-0.2, 0) is 14.9 Å². The first kappa shape index (κ1) is 15.2. The largest absolute Gasteiger partial charge is 0.466 e. The summed E-state index contributed by atoms with van der Waals surface area (Å²) in [6, 6.07) is 8.99. The van der Waals surface area contributed by atoms with Crippen molar-refractivity contribution in [2.75, 3.05) is 25.5 Å². The lowest BCUT2D eigenvalue weighted by molar-refractivity contribution is -0.137. The van der Waals surface area contributed by atoms with Crippen LogP contribution >= 0.6 is 0 Å². The summed E-state index contributed by atoms with van der Waals surface area (Å²) < 4.78 is 5.19. The molecule has 0 amide bonds. The number of carbonyl (C=O) groups excluding carboxylic acids is 1. The van der Waals surface area contributed by atoms with Crippen molar-refractivity contribution >= 4 is 11.7 Å². The van der Waals surface area contributed by atoms with Crippen molar-refractivity contribution < 1.29 is 9.53 Å². The van der Waals surface area contributed by atoms with Gasteiger partial charge in [0.15, 0.2) is 0 Å². The Labute approximate surface area is 148 Å². The van der Waals surface area contributed by atoms with Gasteiger partial charge in [0, 0.05) is 35.9 Å². The lowest BCUT2D eigenvalue weighted by Gasteiger charge is -2.53. The fraction of sp³-hybridized carbons (Fsp3) is 0.476. The molecule has 4 heteroatoms. The van der Waals surface area contributed by atoms with Gasteiger partial charge < -0.3 is 10.1 Å². The van der Waals surface area contributed by atoms with Crippen LogP contribution in [0.2, 0.25) is 0 Å². The Morgan fingerprint density at radius 2 is 2.24 bits per heavy atom. The van der Waals surface area contributed by atoms with Crippen LogP contribution in [0.4, 0.5) is 5.69 Å². The number of hydrogen-bond acceptors (Lipinski definition) is 4. The second-order valence-corrected chi connectivity index (χ2v) is 7.80. The molecule has 130 valence electrons. The van der Waals surface area contributed by atoms with E-state index in [1.807, 2.05) is 0 Å². The molecule has 3 heterocycles. The van der Waals surface area contributed by atoms with E-state index in [0.29, 0.717) is 6.04 Å². The van der Waals surface area contributed by atoms with Gasteiger partial charge in [-0.25, -0.2) is 4.79 Å². The van der Waals surface area contributed by atoms with Gasteiger partial charge >= 0.3 is 5.97 Å². The molecule has 25 heavy (non-hydrogen) atoms. The summed E-state index contributed by atoms with van der Waals surface area (Å²) in [5.41, 5.74) is 4.34. The Hall–Kier alpha value is -2.07. The lowest BCUT2D eigenvalue weighted by atomic mass is 9.55. The van der Waals surface area contributed by atoms with Crippen LogP contribution in [0.1, 0.15) is 31.7 Å². The van der Waals surface area contributed by atoms with Crippen molar-refractivity contribution in [3.05, 3.63) is 53.3 Å². The summed E-state index contributed by atoms with van der Waals surface area (Å²) in [5, 5.41) is 3.62. The zero-order valence-corrected chi connectivity index (χ0v) is 14.8. The maximum absolute atomic E-state index is 12.7. The van der Waals surface area contributed by atoms with Gasteiger partial charge in [0.25, 0.3) is 0 Å². The van der Waals surface area contributed by atoms with Crippen molar-refractivity contribution in [1.29, 1.82) is 0 Å². The molecule has 4 aliphatic rings. The molecule has 1 aromatic carbocycles. The summed E-state index contributed by atoms with van der Waals surface area (Å²) in [5.74, 6) is -0.182. The Kier molecular flexibility index (Phi) is 3.03. The van der Waals surface area contributed by atoms with Gasteiger partial charge in [-0.15, -0.1) is 0 Å². The summed E-state index contributed by atoms with van der Waals surface area (Å²) in [6.45, 7) is 4.34. The van der Waals surface area contributed by atoms with Crippen molar-refractivity contribution in [2.45, 2.75) is 37.6 Å². The average molecular weight is 336 g/mol. The highest BCUT2D eigenvalue weighted by Crippen LogP contribution is 2.64. The third-order valence-electron chi connectivity index (χ3n) is 6.97. The van der Waals surface area contributed by atoms with Crippen molar-refractivity contribution in [3.63, 3.8) is 0 Å². The highest BCUT2D eigenvalue weighted by Gasteiger charge is 2.65. The van der Waals surface area contributed by atoms with E-state index >= 15 is 0 Å². The molecule has 3 atom stereocenters. The highest BCUT2D eigenvalue weighted by molar-refractivity contribution is 5.93. The average Bonchev–Trinajstić information content (AvgIpc) is 3.21. The Balaban J connectivity index is 1.83. The zero-order valence-electron chi connectivity index (χ0n) is 14.8. The second kappa shape index (κ2) is 4.98. The number of nitrogens with zero attached hydrogens (tertiary/aromatic N) is 1. The molecule has 1 saturated heterocycles. The summed E-state index contributed by atoms with van der Waals surface area (Å²) >= 11 is 0. The van der Waals surface area contributed by atoms with E-state index in [4.69, 9.17) is 4.74 Å². The number of benzene rings is 1. The molecule has 1 unspecified atom stereocenters. The van der Waals surface area contributed by atoms with Gasteiger partial charge in [-0.3, -0.25) is 4.90 Å². The van der Waals surface area contributed by atoms with E-state index in [-0.39, 0.29) is 16.8 Å². The van der Waals surface area contributed by atoms with Crippen molar-refractivity contribution in [2.24, 2.45) is 5.41 Å². The minimum Gasteiger partial charge on any atom is -0.466 e. The molecule has 0 bridgehead atoms. The Morgan fingerprint density at radius 3 is 3.04 bits per heavy atom. The van der Waals surface area contributed by atoms with Gasteiger partial charge in [0.2, 0.25) is 0 Å².